The van der Waals surface area contributed by atoms with Crippen LogP contribution in [0.3, 0.4) is 0 Å². The number of urea groups is 1. The Morgan fingerprint density at radius 3 is 2.87 bits per heavy atom. The van der Waals surface area contributed by atoms with Crippen molar-refractivity contribution in [2.45, 2.75) is 39.3 Å². The van der Waals surface area contributed by atoms with E-state index >= 15 is 0 Å². The van der Waals surface area contributed by atoms with Crippen LogP contribution in [0.2, 0.25) is 0 Å². The van der Waals surface area contributed by atoms with Crippen molar-refractivity contribution >= 4 is 23.3 Å². The van der Waals surface area contributed by atoms with E-state index in [9.17, 15) is 9.59 Å². The van der Waals surface area contributed by atoms with Gasteiger partial charge in [-0.2, -0.15) is 4.98 Å². The molecule has 8 heteroatoms. The van der Waals surface area contributed by atoms with Crippen LogP contribution in [0.25, 0.3) is 10.8 Å². The Bertz CT molecular complexity index is 725. The average Bonchev–Trinajstić information content (AvgIpc) is 3.16. The number of carbonyl (C=O) groups is 2. The van der Waals surface area contributed by atoms with Crippen LogP contribution in [-0.4, -0.2) is 32.5 Å². The zero-order valence-corrected chi connectivity index (χ0v) is 14.0. The highest BCUT2D eigenvalue weighted by atomic mass is 32.1. The maximum Gasteiger partial charge on any atom is 0.325 e. The molecule has 0 aliphatic carbocycles. The SMILES string of the molecule is CC(C)C[C@]1(C)NC(=O)N(Cc2noc(-c3cccs3)n2)C1=O. The molecule has 23 heavy (non-hydrogen) atoms. The lowest BCUT2D eigenvalue weighted by atomic mass is 9.91. The first-order valence-electron chi connectivity index (χ1n) is 7.39. The normalized spacial score (nSPS) is 21.3. The van der Waals surface area contributed by atoms with Gasteiger partial charge in [-0.25, -0.2) is 4.79 Å². The molecule has 0 radical (unpaired) electrons. The van der Waals surface area contributed by atoms with Crippen LogP contribution in [-0.2, 0) is 11.3 Å². The lowest BCUT2D eigenvalue weighted by molar-refractivity contribution is -0.131. The van der Waals surface area contributed by atoms with E-state index in [0.29, 0.717) is 24.1 Å². The van der Waals surface area contributed by atoms with Gasteiger partial charge in [-0.3, -0.25) is 9.69 Å². The van der Waals surface area contributed by atoms with E-state index < -0.39 is 11.6 Å². The van der Waals surface area contributed by atoms with Gasteiger partial charge < -0.3 is 9.84 Å². The third kappa shape index (κ3) is 2.98. The lowest BCUT2D eigenvalue weighted by Gasteiger charge is -2.23. The number of thiophene rings is 1. The predicted molar refractivity (Wildman–Crippen MR) is 84.6 cm³/mol. The highest BCUT2D eigenvalue weighted by molar-refractivity contribution is 7.13. The molecule has 3 rings (SSSR count). The average molecular weight is 334 g/mol. The molecule has 0 aromatic carbocycles. The van der Waals surface area contributed by atoms with E-state index in [-0.39, 0.29) is 12.5 Å². The van der Waals surface area contributed by atoms with Crippen molar-refractivity contribution in [3.8, 4) is 10.8 Å². The van der Waals surface area contributed by atoms with Crippen LogP contribution in [0.1, 0.15) is 33.0 Å². The lowest BCUT2D eigenvalue weighted by Crippen LogP contribution is -2.44. The van der Waals surface area contributed by atoms with E-state index in [1.165, 1.54) is 11.3 Å². The van der Waals surface area contributed by atoms with E-state index in [4.69, 9.17) is 4.52 Å². The van der Waals surface area contributed by atoms with Crippen molar-refractivity contribution in [1.82, 2.24) is 20.4 Å². The summed E-state index contributed by atoms with van der Waals surface area (Å²) >= 11 is 1.48. The third-order valence-corrected chi connectivity index (χ3v) is 4.52. The predicted octanol–water partition coefficient (Wildman–Crippen LogP) is 2.65. The van der Waals surface area contributed by atoms with Crippen LogP contribution >= 0.6 is 11.3 Å². The van der Waals surface area contributed by atoms with Crippen LogP contribution in [0.5, 0.6) is 0 Å². The molecule has 122 valence electrons. The minimum atomic E-state index is -0.869. The fourth-order valence-electron chi connectivity index (χ4n) is 2.81. The topological polar surface area (TPSA) is 88.3 Å². The molecule has 1 aliphatic rings. The van der Waals surface area contributed by atoms with Gasteiger partial charge in [0, 0.05) is 0 Å². The van der Waals surface area contributed by atoms with Crippen molar-refractivity contribution in [2.75, 3.05) is 0 Å². The molecular weight excluding hydrogens is 316 g/mol. The van der Waals surface area contributed by atoms with Gasteiger partial charge in [-0.1, -0.05) is 25.1 Å². The van der Waals surface area contributed by atoms with Gasteiger partial charge in [0.25, 0.3) is 11.8 Å². The summed E-state index contributed by atoms with van der Waals surface area (Å²) in [5, 5.41) is 8.54. The van der Waals surface area contributed by atoms with Gasteiger partial charge in [0.15, 0.2) is 5.82 Å². The van der Waals surface area contributed by atoms with Crippen LogP contribution in [0.4, 0.5) is 4.79 Å². The second-order valence-electron chi connectivity index (χ2n) is 6.24. The van der Waals surface area contributed by atoms with Gasteiger partial charge in [-0.05, 0) is 30.7 Å². The van der Waals surface area contributed by atoms with Gasteiger partial charge in [0.1, 0.15) is 5.54 Å². The molecule has 3 heterocycles. The zero-order valence-electron chi connectivity index (χ0n) is 13.2. The summed E-state index contributed by atoms with van der Waals surface area (Å²) in [6.45, 7) is 5.79. The Morgan fingerprint density at radius 2 is 2.22 bits per heavy atom. The van der Waals surface area contributed by atoms with Crippen LogP contribution < -0.4 is 5.32 Å². The fraction of sp³-hybridized carbons (Fsp3) is 0.467. The maximum atomic E-state index is 12.6. The molecule has 1 saturated heterocycles. The summed E-state index contributed by atoms with van der Waals surface area (Å²) in [4.78, 5) is 31.0. The quantitative estimate of drug-likeness (QED) is 0.849. The Balaban J connectivity index is 1.75. The smallest absolute Gasteiger partial charge is 0.325 e. The summed E-state index contributed by atoms with van der Waals surface area (Å²) < 4.78 is 5.19. The monoisotopic (exact) mass is 334 g/mol. The Kier molecular flexibility index (Phi) is 3.93. The van der Waals surface area contributed by atoms with Crippen molar-refractivity contribution in [3.05, 3.63) is 23.3 Å². The minimum Gasteiger partial charge on any atom is -0.333 e. The minimum absolute atomic E-state index is 0.00717. The molecule has 0 saturated carbocycles. The number of hydrogen-bond acceptors (Lipinski definition) is 6. The summed E-state index contributed by atoms with van der Waals surface area (Å²) in [5.41, 5.74) is -0.869. The number of imide groups is 1. The fourth-order valence-corrected chi connectivity index (χ4v) is 3.45. The summed E-state index contributed by atoms with van der Waals surface area (Å²) in [6.07, 6.45) is 0.584. The molecule has 0 spiro atoms. The standard InChI is InChI=1S/C15H18N4O3S/c1-9(2)7-15(3)13(20)19(14(21)17-15)8-11-16-12(22-18-11)10-5-4-6-23-10/h4-6,9H,7-8H2,1-3H3,(H,17,21)/t15-/m0/s1. The molecule has 2 aromatic rings. The van der Waals surface area contributed by atoms with Gasteiger partial charge in [0.2, 0.25) is 0 Å². The highest BCUT2D eigenvalue weighted by Gasteiger charge is 2.48. The summed E-state index contributed by atoms with van der Waals surface area (Å²) in [5.74, 6) is 0.746. The largest absolute Gasteiger partial charge is 0.333 e. The summed E-state index contributed by atoms with van der Waals surface area (Å²) in [7, 11) is 0. The molecule has 7 nitrogen and oxygen atoms in total. The third-order valence-electron chi connectivity index (χ3n) is 3.66. The number of rotatable bonds is 5. The first-order valence-corrected chi connectivity index (χ1v) is 8.27. The van der Waals surface area contributed by atoms with E-state index in [1.54, 1.807) is 6.92 Å². The molecule has 0 bridgehead atoms. The number of nitrogens with one attached hydrogen (secondary N) is 1. The Morgan fingerprint density at radius 1 is 1.43 bits per heavy atom. The van der Waals surface area contributed by atoms with E-state index in [2.05, 4.69) is 15.5 Å². The number of amides is 3. The van der Waals surface area contributed by atoms with Crippen molar-refractivity contribution in [2.24, 2.45) is 5.92 Å². The van der Waals surface area contributed by atoms with E-state index in [0.717, 1.165) is 9.78 Å². The molecular formula is C15H18N4O3S. The molecule has 1 aliphatic heterocycles. The molecule has 1 N–H and O–H groups in total. The Labute approximate surface area is 137 Å². The van der Waals surface area contributed by atoms with Gasteiger partial charge >= 0.3 is 6.03 Å². The molecule has 1 fully saturated rings. The number of nitrogens with zero attached hydrogens (tertiary/aromatic N) is 3. The number of hydrogen-bond donors (Lipinski definition) is 1. The van der Waals surface area contributed by atoms with Crippen LogP contribution in [0.15, 0.2) is 22.0 Å². The zero-order chi connectivity index (χ0) is 16.6. The molecule has 2 aromatic heterocycles. The van der Waals surface area contributed by atoms with Crippen LogP contribution in [0, 0.1) is 5.92 Å². The number of carbonyl (C=O) groups excluding carboxylic acids is 2. The summed E-state index contributed by atoms with van der Waals surface area (Å²) in [6, 6.07) is 3.34. The van der Waals surface area contributed by atoms with E-state index in [1.807, 2.05) is 31.4 Å². The van der Waals surface area contributed by atoms with Crippen molar-refractivity contribution in [3.63, 3.8) is 0 Å². The maximum absolute atomic E-state index is 12.6. The molecule has 0 unspecified atom stereocenters. The second kappa shape index (κ2) is 5.77. The second-order valence-corrected chi connectivity index (χ2v) is 7.19. The number of aromatic nitrogens is 2. The van der Waals surface area contributed by atoms with Crippen molar-refractivity contribution in [1.29, 1.82) is 0 Å². The Hall–Kier alpha value is -2.22. The van der Waals surface area contributed by atoms with Gasteiger partial charge in [0.05, 0.1) is 11.4 Å². The first kappa shape index (κ1) is 15.7. The van der Waals surface area contributed by atoms with Gasteiger partial charge in [-0.15, -0.1) is 11.3 Å². The molecule has 1 atom stereocenters. The highest BCUT2D eigenvalue weighted by Crippen LogP contribution is 2.27. The van der Waals surface area contributed by atoms with Crippen molar-refractivity contribution < 1.29 is 14.1 Å². The molecule has 3 amide bonds. The first-order chi connectivity index (χ1) is 10.9.